The number of amides is 1. The van der Waals surface area contributed by atoms with Gasteiger partial charge in [-0.1, -0.05) is 11.6 Å². The summed E-state index contributed by atoms with van der Waals surface area (Å²) in [6.45, 7) is 1.45. The molecule has 0 saturated carbocycles. The molecule has 3 rings (SSSR count). The van der Waals surface area contributed by atoms with Gasteiger partial charge in [-0.2, -0.15) is 0 Å². The van der Waals surface area contributed by atoms with Gasteiger partial charge in [-0.25, -0.2) is 4.79 Å². The van der Waals surface area contributed by atoms with E-state index in [1.54, 1.807) is 0 Å². The number of esters is 1. The number of hydrogen-bond donors (Lipinski definition) is 1. The Morgan fingerprint density at radius 1 is 1.41 bits per heavy atom. The molecular weight excluding hydrogens is 394 g/mol. The zero-order valence-corrected chi connectivity index (χ0v) is 16.1. The standard InChI is InChI=1S/C17H16ClN3O5S/c1-20-6-5-10-13(8-20)27-16(14(10)17(23)26-2)19-15(22)11-7-9(21(24)25)3-4-12(11)18/h3-4,7H,5-6,8H2,1-2H3,(H,19,22). The summed E-state index contributed by atoms with van der Waals surface area (Å²) in [5.41, 5.74) is 0.918. The smallest absolute Gasteiger partial charge is 0.341 e. The highest BCUT2D eigenvalue weighted by atomic mass is 35.5. The monoisotopic (exact) mass is 409 g/mol. The van der Waals surface area contributed by atoms with Crippen molar-refractivity contribution in [3.05, 3.63) is 54.9 Å². The number of non-ortho nitro benzene ring substituents is 1. The molecule has 0 aliphatic carbocycles. The van der Waals surface area contributed by atoms with Crippen molar-refractivity contribution < 1.29 is 19.2 Å². The zero-order valence-electron chi connectivity index (χ0n) is 14.6. The molecule has 142 valence electrons. The van der Waals surface area contributed by atoms with Crippen LogP contribution in [0.5, 0.6) is 0 Å². The molecule has 0 radical (unpaired) electrons. The van der Waals surface area contributed by atoms with Gasteiger partial charge in [0.25, 0.3) is 11.6 Å². The molecule has 0 bridgehead atoms. The first-order valence-corrected chi connectivity index (χ1v) is 9.18. The highest BCUT2D eigenvalue weighted by Gasteiger charge is 2.29. The number of nitrogens with one attached hydrogen (secondary N) is 1. The fraction of sp³-hybridized carbons (Fsp3) is 0.294. The molecule has 0 atom stereocenters. The lowest BCUT2D eigenvalue weighted by Crippen LogP contribution is -2.26. The molecule has 27 heavy (non-hydrogen) atoms. The molecule has 8 nitrogen and oxygen atoms in total. The normalized spacial score (nSPS) is 13.7. The number of anilines is 1. The second-order valence-corrected chi connectivity index (χ2v) is 7.58. The Balaban J connectivity index is 1.98. The highest BCUT2D eigenvalue weighted by Crippen LogP contribution is 2.38. The van der Waals surface area contributed by atoms with Crippen molar-refractivity contribution in [3.8, 4) is 0 Å². The van der Waals surface area contributed by atoms with Gasteiger partial charge in [0.15, 0.2) is 0 Å². The number of likely N-dealkylation sites (N-methyl/N-ethyl adjacent to an activating group) is 1. The Hall–Kier alpha value is -2.49. The van der Waals surface area contributed by atoms with Crippen LogP contribution >= 0.6 is 22.9 Å². The SMILES string of the molecule is COC(=O)c1c(NC(=O)c2cc([N+](=O)[O-])ccc2Cl)sc2c1CCN(C)C2. The van der Waals surface area contributed by atoms with Crippen molar-refractivity contribution in [2.24, 2.45) is 0 Å². The molecule has 1 aromatic heterocycles. The summed E-state index contributed by atoms with van der Waals surface area (Å²) in [5, 5.41) is 14.1. The van der Waals surface area contributed by atoms with E-state index in [1.807, 2.05) is 7.05 Å². The van der Waals surface area contributed by atoms with Gasteiger partial charge in [0.05, 0.1) is 28.2 Å². The van der Waals surface area contributed by atoms with E-state index in [0.717, 1.165) is 23.1 Å². The van der Waals surface area contributed by atoms with Gasteiger partial charge in [0, 0.05) is 30.1 Å². The largest absolute Gasteiger partial charge is 0.465 e. The summed E-state index contributed by atoms with van der Waals surface area (Å²) in [6.07, 6.45) is 0.667. The lowest BCUT2D eigenvalue weighted by molar-refractivity contribution is -0.384. The maximum atomic E-state index is 12.7. The summed E-state index contributed by atoms with van der Waals surface area (Å²) in [7, 11) is 3.26. The molecule has 1 aliphatic rings. The molecule has 0 spiro atoms. The lowest BCUT2D eigenvalue weighted by Gasteiger charge is -2.22. The summed E-state index contributed by atoms with van der Waals surface area (Å²) in [6, 6.07) is 3.62. The van der Waals surface area contributed by atoms with Gasteiger partial charge in [-0.05, 0) is 25.1 Å². The summed E-state index contributed by atoms with van der Waals surface area (Å²) < 4.78 is 4.88. The van der Waals surface area contributed by atoms with Gasteiger partial charge < -0.3 is 15.0 Å². The second kappa shape index (κ2) is 7.63. The molecule has 0 saturated heterocycles. The van der Waals surface area contributed by atoms with Gasteiger partial charge in [0.1, 0.15) is 5.00 Å². The molecule has 2 aromatic rings. The topological polar surface area (TPSA) is 102 Å². The summed E-state index contributed by atoms with van der Waals surface area (Å²) in [4.78, 5) is 38.4. The number of methoxy groups -OCH3 is 1. The van der Waals surface area contributed by atoms with E-state index in [9.17, 15) is 19.7 Å². The minimum absolute atomic E-state index is 0.0369. The van der Waals surface area contributed by atoms with E-state index in [-0.39, 0.29) is 16.3 Å². The third-order valence-corrected chi connectivity index (χ3v) is 5.73. The van der Waals surface area contributed by atoms with Crippen LogP contribution in [0.3, 0.4) is 0 Å². The summed E-state index contributed by atoms with van der Waals surface area (Å²) >= 11 is 7.33. The van der Waals surface area contributed by atoms with Crippen LogP contribution < -0.4 is 5.32 Å². The molecule has 1 aromatic carbocycles. The fourth-order valence-corrected chi connectivity index (χ4v) is 4.42. The number of fused-ring (bicyclic) bond motifs is 1. The number of carbonyl (C=O) groups excluding carboxylic acids is 2. The number of hydrogen-bond acceptors (Lipinski definition) is 7. The molecule has 2 heterocycles. The van der Waals surface area contributed by atoms with E-state index < -0.39 is 16.8 Å². The first kappa shape index (κ1) is 19.3. The first-order valence-electron chi connectivity index (χ1n) is 7.98. The van der Waals surface area contributed by atoms with Crippen LogP contribution in [-0.2, 0) is 17.7 Å². The third-order valence-electron chi connectivity index (χ3n) is 4.27. The molecule has 0 fully saturated rings. The molecule has 0 unspecified atom stereocenters. The maximum absolute atomic E-state index is 12.7. The van der Waals surface area contributed by atoms with E-state index in [1.165, 1.54) is 30.6 Å². The second-order valence-electron chi connectivity index (χ2n) is 6.06. The molecule has 1 amide bonds. The Bertz CT molecular complexity index is 943. The molecule has 1 N–H and O–H groups in total. The van der Waals surface area contributed by atoms with E-state index in [2.05, 4.69) is 10.2 Å². The number of rotatable bonds is 4. The van der Waals surface area contributed by atoms with E-state index >= 15 is 0 Å². The van der Waals surface area contributed by atoms with Crippen LogP contribution in [0.2, 0.25) is 5.02 Å². The number of ether oxygens (including phenoxy) is 1. The van der Waals surface area contributed by atoms with Crippen molar-refractivity contribution >= 4 is 45.5 Å². The molecule has 1 aliphatic heterocycles. The van der Waals surface area contributed by atoms with Gasteiger partial charge >= 0.3 is 5.97 Å². The van der Waals surface area contributed by atoms with Crippen LogP contribution in [0, 0.1) is 10.1 Å². The Morgan fingerprint density at radius 2 is 2.15 bits per heavy atom. The Kier molecular flexibility index (Phi) is 5.45. The quantitative estimate of drug-likeness (QED) is 0.472. The first-order chi connectivity index (χ1) is 12.8. The van der Waals surface area contributed by atoms with Crippen molar-refractivity contribution in [2.75, 3.05) is 26.0 Å². The average molecular weight is 410 g/mol. The van der Waals surface area contributed by atoms with Gasteiger partial charge in [-0.3, -0.25) is 14.9 Å². The number of nitro groups is 1. The maximum Gasteiger partial charge on any atom is 0.341 e. The average Bonchev–Trinajstić information content (AvgIpc) is 2.97. The van der Waals surface area contributed by atoms with E-state index in [4.69, 9.17) is 16.3 Å². The number of thiophene rings is 1. The van der Waals surface area contributed by atoms with Crippen LogP contribution in [0.25, 0.3) is 0 Å². The van der Waals surface area contributed by atoms with Crippen LogP contribution in [0.15, 0.2) is 18.2 Å². The van der Waals surface area contributed by atoms with Crippen molar-refractivity contribution in [1.82, 2.24) is 4.90 Å². The minimum atomic E-state index is -0.624. The van der Waals surface area contributed by atoms with Crippen LogP contribution in [0.1, 0.15) is 31.2 Å². The van der Waals surface area contributed by atoms with Crippen LogP contribution in [-0.4, -0.2) is 42.4 Å². The minimum Gasteiger partial charge on any atom is -0.465 e. The number of carbonyl (C=O) groups is 2. The predicted octanol–water partition coefficient (Wildman–Crippen LogP) is 3.34. The van der Waals surface area contributed by atoms with E-state index in [0.29, 0.717) is 23.5 Å². The molecular formula is C17H16ClN3O5S. The van der Waals surface area contributed by atoms with Crippen LogP contribution in [0.4, 0.5) is 10.7 Å². The number of nitrogens with zero attached hydrogens (tertiary/aromatic N) is 2. The Morgan fingerprint density at radius 3 is 2.81 bits per heavy atom. The fourth-order valence-electron chi connectivity index (χ4n) is 2.91. The van der Waals surface area contributed by atoms with Crippen molar-refractivity contribution in [3.63, 3.8) is 0 Å². The molecule has 10 heteroatoms. The predicted molar refractivity (Wildman–Crippen MR) is 102 cm³/mol. The Labute approximate surface area is 163 Å². The number of nitro benzene ring substituents is 1. The third kappa shape index (κ3) is 3.80. The summed E-state index contributed by atoms with van der Waals surface area (Å²) in [5.74, 6) is -1.15. The van der Waals surface area contributed by atoms with Gasteiger partial charge in [-0.15, -0.1) is 11.3 Å². The lowest BCUT2D eigenvalue weighted by atomic mass is 10.0. The zero-order chi connectivity index (χ0) is 19.7. The van der Waals surface area contributed by atoms with Crippen molar-refractivity contribution in [2.45, 2.75) is 13.0 Å². The van der Waals surface area contributed by atoms with Gasteiger partial charge in [0.2, 0.25) is 0 Å². The number of benzene rings is 1. The van der Waals surface area contributed by atoms with Crippen molar-refractivity contribution in [1.29, 1.82) is 0 Å². The number of halogens is 1. The highest BCUT2D eigenvalue weighted by molar-refractivity contribution is 7.17.